The van der Waals surface area contributed by atoms with Crippen LogP contribution in [0.3, 0.4) is 0 Å². The Kier molecular flexibility index (Phi) is 3.93. The van der Waals surface area contributed by atoms with Crippen LogP contribution in [0.15, 0.2) is 48.5 Å². The maximum absolute atomic E-state index is 14.6. The van der Waals surface area contributed by atoms with E-state index in [0.717, 1.165) is 0 Å². The quantitative estimate of drug-likeness (QED) is 0.876. The van der Waals surface area contributed by atoms with Gasteiger partial charge in [0.1, 0.15) is 0 Å². The number of halogens is 2. The molecule has 0 radical (unpaired) electrons. The zero-order valence-electron chi connectivity index (χ0n) is 13.0. The van der Waals surface area contributed by atoms with E-state index >= 15 is 0 Å². The van der Waals surface area contributed by atoms with Crippen LogP contribution in [0.1, 0.15) is 44.8 Å². The summed E-state index contributed by atoms with van der Waals surface area (Å²) in [5.41, 5.74) is 6.33. The number of fused-ring (bicyclic) bond motifs is 1. The molecule has 0 saturated carbocycles. The summed E-state index contributed by atoms with van der Waals surface area (Å²) < 4.78 is 29.3. The van der Waals surface area contributed by atoms with Crippen molar-refractivity contribution in [3.63, 3.8) is 0 Å². The molecule has 0 aromatic heterocycles. The van der Waals surface area contributed by atoms with Gasteiger partial charge in [0.25, 0.3) is 17.7 Å². The van der Waals surface area contributed by atoms with Crippen molar-refractivity contribution in [2.75, 3.05) is 6.54 Å². The molecule has 0 unspecified atom stereocenters. The predicted molar refractivity (Wildman–Crippen MR) is 84.7 cm³/mol. The number of nitrogens with two attached hydrogens (primary N) is 1. The fourth-order valence-electron chi connectivity index (χ4n) is 2.72. The van der Waals surface area contributed by atoms with Crippen LogP contribution >= 0.6 is 0 Å². The lowest BCUT2D eigenvalue weighted by atomic mass is 10.0. The van der Waals surface area contributed by atoms with Gasteiger partial charge in [0.05, 0.1) is 17.7 Å². The smallest absolute Gasteiger partial charge is 0.290 e. The minimum absolute atomic E-state index is 0.155. The number of hydrogen-bond acceptors (Lipinski definition) is 3. The molecule has 24 heavy (non-hydrogen) atoms. The van der Waals surface area contributed by atoms with Crippen molar-refractivity contribution in [2.45, 2.75) is 18.9 Å². The Morgan fingerprint density at radius 2 is 1.62 bits per heavy atom. The topological polar surface area (TPSA) is 63.4 Å². The molecule has 1 aliphatic heterocycles. The van der Waals surface area contributed by atoms with Crippen LogP contribution in [0.25, 0.3) is 0 Å². The molecule has 3 rings (SSSR count). The van der Waals surface area contributed by atoms with Crippen LogP contribution < -0.4 is 5.73 Å². The SMILES string of the molecule is C[C@@H](N)c1cccc(C(F)(F)CN2C(=O)c3ccccc3C2=O)c1. The van der Waals surface area contributed by atoms with E-state index < -0.39 is 24.3 Å². The number of alkyl halides is 2. The normalized spacial score (nSPS) is 15.6. The van der Waals surface area contributed by atoms with Crippen molar-refractivity contribution < 1.29 is 18.4 Å². The first-order chi connectivity index (χ1) is 11.3. The maximum atomic E-state index is 14.6. The number of imide groups is 1. The van der Waals surface area contributed by atoms with Gasteiger partial charge in [-0.3, -0.25) is 14.5 Å². The lowest BCUT2D eigenvalue weighted by Crippen LogP contribution is -2.39. The highest BCUT2D eigenvalue weighted by molar-refractivity contribution is 6.21. The Morgan fingerprint density at radius 1 is 1.04 bits per heavy atom. The van der Waals surface area contributed by atoms with Crippen molar-refractivity contribution in [3.8, 4) is 0 Å². The average molecular weight is 330 g/mol. The van der Waals surface area contributed by atoms with Gasteiger partial charge >= 0.3 is 0 Å². The summed E-state index contributed by atoms with van der Waals surface area (Å²) in [6.07, 6.45) is 0. The van der Waals surface area contributed by atoms with Crippen molar-refractivity contribution in [3.05, 3.63) is 70.8 Å². The van der Waals surface area contributed by atoms with E-state index in [9.17, 15) is 18.4 Å². The standard InChI is InChI=1S/C18H16F2N2O2/c1-11(21)12-5-4-6-13(9-12)18(19,20)10-22-16(23)14-7-2-3-8-15(14)17(22)24/h2-9,11H,10,21H2,1H3/t11-/m1/s1. The van der Waals surface area contributed by atoms with Crippen LogP contribution in [-0.4, -0.2) is 23.3 Å². The van der Waals surface area contributed by atoms with Gasteiger partial charge in [0.15, 0.2) is 0 Å². The van der Waals surface area contributed by atoms with Crippen LogP contribution in [0.2, 0.25) is 0 Å². The number of carbonyl (C=O) groups excluding carboxylic acids is 2. The van der Waals surface area contributed by atoms with E-state index in [1.165, 1.54) is 30.3 Å². The van der Waals surface area contributed by atoms with Gasteiger partial charge in [-0.15, -0.1) is 0 Å². The van der Waals surface area contributed by atoms with Gasteiger partial charge in [-0.05, 0) is 30.7 Å². The third kappa shape index (κ3) is 2.69. The monoisotopic (exact) mass is 330 g/mol. The molecular formula is C18H16F2N2O2. The van der Waals surface area contributed by atoms with Gasteiger partial charge in [0.2, 0.25) is 0 Å². The summed E-state index contributed by atoms with van der Waals surface area (Å²) in [6.45, 7) is 0.698. The fourth-order valence-corrected chi connectivity index (χ4v) is 2.72. The molecule has 1 atom stereocenters. The zero-order valence-corrected chi connectivity index (χ0v) is 13.0. The Hall–Kier alpha value is -2.60. The summed E-state index contributed by atoms with van der Waals surface area (Å²) in [5, 5.41) is 0. The molecule has 6 heteroatoms. The Labute approximate surface area is 137 Å². The predicted octanol–water partition coefficient (Wildman–Crippen LogP) is 3.09. The average Bonchev–Trinajstić information content (AvgIpc) is 2.80. The highest BCUT2D eigenvalue weighted by Crippen LogP contribution is 2.33. The van der Waals surface area contributed by atoms with Crippen molar-refractivity contribution in [1.82, 2.24) is 4.90 Å². The highest BCUT2D eigenvalue weighted by atomic mass is 19.3. The molecule has 1 heterocycles. The molecular weight excluding hydrogens is 314 g/mol. The number of benzene rings is 2. The Balaban J connectivity index is 1.89. The van der Waals surface area contributed by atoms with E-state index in [1.54, 1.807) is 25.1 Å². The lowest BCUT2D eigenvalue weighted by Gasteiger charge is -2.23. The number of rotatable bonds is 4. The van der Waals surface area contributed by atoms with Gasteiger partial charge < -0.3 is 5.73 Å². The number of amides is 2. The summed E-state index contributed by atoms with van der Waals surface area (Å²) in [6, 6.07) is 11.5. The van der Waals surface area contributed by atoms with E-state index in [0.29, 0.717) is 10.5 Å². The molecule has 2 amide bonds. The second-order valence-electron chi connectivity index (χ2n) is 5.86. The number of carbonyl (C=O) groups is 2. The summed E-state index contributed by atoms with van der Waals surface area (Å²) in [5.74, 6) is -4.75. The third-order valence-corrected chi connectivity index (χ3v) is 4.07. The van der Waals surface area contributed by atoms with Crippen molar-refractivity contribution in [1.29, 1.82) is 0 Å². The first-order valence-corrected chi connectivity index (χ1v) is 7.50. The molecule has 0 saturated heterocycles. The summed E-state index contributed by atoms with van der Waals surface area (Å²) in [7, 11) is 0. The van der Waals surface area contributed by atoms with Gasteiger partial charge in [-0.2, -0.15) is 8.78 Å². The largest absolute Gasteiger partial charge is 0.324 e. The van der Waals surface area contributed by atoms with Gasteiger partial charge in [-0.25, -0.2) is 0 Å². The molecule has 1 aliphatic rings. The van der Waals surface area contributed by atoms with Crippen LogP contribution in [0.4, 0.5) is 8.78 Å². The Bertz CT molecular complexity index is 783. The minimum atomic E-state index is -3.36. The summed E-state index contributed by atoms with van der Waals surface area (Å²) in [4.78, 5) is 25.1. The minimum Gasteiger partial charge on any atom is -0.324 e. The molecule has 0 bridgehead atoms. The van der Waals surface area contributed by atoms with Crippen molar-refractivity contribution in [2.24, 2.45) is 5.73 Å². The molecule has 2 N–H and O–H groups in total. The van der Waals surface area contributed by atoms with Gasteiger partial charge in [-0.1, -0.05) is 30.3 Å². The first kappa shape index (κ1) is 16.3. The van der Waals surface area contributed by atoms with Crippen LogP contribution in [0.5, 0.6) is 0 Å². The molecule has 2 aromatic rings. The highest BCUT2D eigenvalue weighted by Gasteiger charge is 2.43. The van der Waals surface area contributed by atoms with Crippen molar-refractivity contribution >= 4 is 11.8 Å². The maximum Gasteiger partial charge on any atom is 0.290 e. The van der Waals surface area contributed by atoms with Crippen LogP contribution in [-0.2, 0) is 5.92 Å². The van der Waals surface area contributed by atoms with E-state index in [-0.39, 0.29) is 22.7 Å². The van der Waals surface area contributed by atoms with Crippen LogP contribution in [0, 0.1) is 0 Å². The number of nitrogens with zero attached hydrogens (tertiary/aromatic N) is 1. The third-order valence-electron chi connectivity index (χ3n) is 4.07. The fraction of sp³-hybridized carbons (Fsp3) is 0.222. The molecule has 2 aromatic carbocycles. The first-order valence-electron chi connectivity index (χ1n) is 7.50. The zero-order chi connectivity index (χ0) is 17.5. The van der Waals surface area contributed by atoms with E-state index in [1.807, 2.05) is 0 Å². The molecule has 0 spiro atoms. The van der Waals surface area contributed by atoms with E-state index in [4.69, 9.17) is 5.73 Å². The second-order valence-corrected chi connectivity index (χ2v) is 5.86. The molecule has 4 nitrogen and oxygen atoms in total. The second kappa shape index (κ2) is 5.79. The summed E-state index contributed by atoms with van der Waals surface area (Å²) >= 11 is 0. The molecule has 0 aliphatic carbocycles. The number of hydrogen-bond donors (Lipinski definition) is 1. The molecule has 124 valence electrons. The lowest BCUT2D eigenvalue weighted by molar-refractivity contribution is -0.0275. The Morgan fingerprint density at radius 3 is 2.17 bits per heavy atom. The van der Waals surface area contributed by atoms with Gasteiger partial charge in [0, 0.05) is 11.6 Å². The molecule has 0 fully saturated rings. The van der Waals surface area contributed by atoms with E-state index in [2.05, 4.69) is 0 Å².